The lowest BCUT2D eigenvalue weighted by molar-refractivity contribution is 0.0987. The van der Waals surface area contributed by atoms with E-state index in [1.807, 2.05) is 13.0 Å². The molecule has 14 heavy (non-hydrogen) atoms. The fourth-order valence-electron chi connectivity index (χ4n) is 1.94. The molecule has 0 N–H and O–H groups in total. The molecule has 0 saturated carbocycles. The summed E-state index contributed by atoms with van der Waals surface area (Å²) in [6, 6.07) is 2.04. The van der Waals surface area contributed by atoms with Crippen LogP contribution in [0.4, 0.5) is 0 Å². The van der Waals surface area contributed by atoms with Gasteiger partial charge < -0.3 is 0 Å². The van der Waals surface area contributed by atoms with Gasteiger partial charge in [-0.3, -0.25) is 9.78 Å². The minimum absolute atomic E-state index is 0.200. The number of carbonyl (C=O) groups excluding carboxylic acids is 1. The minimum Gasteiger partial charge on any atom is -0.294 e. The molecule has 2 rings (SSSR count). The molecule has 1 aliphatic rings. The van der Waals surface area contributed by atoms with Crippen LogP contribution in [0.25, 0.3) is 0 Å². The van der Waals surface area contributed by atoms with Crippen LogP contribution in [-0.2, 0) is 12.8 Å². The Bertz CT molecular complexity index is 357. The molecule has 0 bridgehead atoms. The Hall–Kier alpha value is -1.18. The molecule has 0 unspecified atom stereocenters. The predicted octanol–water partition coefficient (Wildman–Crippen LogP) is 2.55. The maximum Gasteiger partial charge on any atom is 0.164 e. The topological polar surface area (TPSA) is 30.0 Å². The van der Waals surface area contributed by atoms with Gasteiger partial charge in [0.1, 0.15) is 0 Å². The van der Waals surface area contributed by atoms with Crippen molar-refractivity contribution in [2.24, 2.45) is 0 Å². The number of Topliss-reactive ketones (excluding diaryl/α,β-unsaturated/α-hetero) is 1. The van der Waals surface area contributed by atoms with Gasteiger partial charge in [0.15, 0.2) is 5.78 Å². The Balaban J connectivity index is 2.33. The Labute approximate surface area is 84.4 Å². The summed E-state index contributed by atoms with van der Waals surface area (Å²) < 4.78 is 0. The number of nitrogens with zero attached hydrogens (tertiary/aromatic N) is 1. The first-order valence-corrected chi connectivity index (χ1v) is 5.32. The molecule has 0 saturated heterocycles. The molecular formula is C12H15NO. The van der Waals surface area contributed by atoms with Gasteiger partial charge in [-0.2, -0.15) is 0 Å². The van der Waals surface area contributed by atoms with Crippen LogP contribution in [0.2, 0.25) is 0 Å². The lowest BCUT2D eigenvalue weighted by Gasteiger charge is -2.14. The number of fused-ring (bicyclic) bond motifs is 1. The first-order chi connectivity index (χ1) is 6.81. The summed E-state index contributed by atoms with van der Waals surface area (Å²) in [5.74, 6) is 0.200. The monoisotopic (exact) mass is 189 g/mol. The number of ketones is 1. The van der Waals surface area contributed by atoms with Gasteiger partial charge in [0, 0.05) is 23.9 Å². The molecule has 0 aromatic carbocycles. The van der Waals surface area contributed by atoms with Gasteiger partial charge in [0.05, 0.1) is 0 Å². The van der Waals surface area contributed by atoms with Crippen molar-refractivity contribution >= 4 is 5.78 Å². The normalized spacial score (nSPS) is 14.9. The van der Waals surface area contributed by atoms with Crippen LogP contribution in [-0.4, -0.2) is 10.8 Å². The molecule has 1 heterocycles. The van der Waals surface area contributed by atoms with E-state index in [-0.39, 0.29) is 5.78 Å². The minimum atomic E-state index is 0.200. The summed E-state index contributed by atoms with van der Waals surface area (Å²) in [6.45, 7) is 1.89. The summed E-state index contributed by atoms with van der Waals surface area (Å²) >= 11 is 0. The SMILES string of the molecule is CCC(=O)c1cnc2c(c1)CCCC2. The van der Waals surface area contributed by atoms with Crippen LogP contribution in [0.1, 0.15) is 47.8 Å². The highest BCUT2D eigenvalue weighted by molar-refractivity contribution is 5.95. The zero-order valence-corrected chi connectivity index (χ0v) is 8.55. The molecule has 0 fully saturated rings. The quantitative estimate of drug-likeness (QED) is 0.669. The number of aromatic nitrogens is 1. The van der Waals surface area contributed by atoms with E-state index in [0.717, 1.165) is 18.4 Å². The first-order valence-electron chi connectivity index (χ1n) is 5.32. The molecule has 0 aliphatic heterocycles. The Morgan fingerprint density at radius 2 is 2.21 bits per heavy atom. The maximum atomic E-state index is 11.5. The van der Waals surface area contributed by atoms with Crippen LogP contribution in [0.3, 0.4) is 0 Å². The van der Waals surface area contributed by atoms with Crippen molar-refractivity contribution in [2.45, 2.75) is 39.0 Å². The molecule has 2 heteroatoms. The largest absolute Gasteiger partial charge is 0.294 e. The standard InChI is InChI=1S/C12H15NO/c1-2-12(14)10-7-9-5-3-4-6-11(9)13-8-10/h7-8H,2-6H2,1H3. The highest BCUT2D eigenvalue weighted by atomic mass is 16.1. The number of aryl methyl sites for hydroxylation is 2. The van der Waals surface area contributed by atoms with Crippen LogP contribution in [0, 0.1) is 0 Å². The van der Waals surface area contributed by atoms with E-state index < -0.39 is 0 Å². The van der Waals surface area contributed by atoms with Gasteiger partial charge in [0.25, 0.3) is 0 Å². The Morgan fingerprint density at radius 1 is 1.43 bits per heavy atom. The maximum absolute atomic E-state index is 11.5. The highest BCUT2D eigenvalue weighted by Crippen LogP contribution is 2.20. The molecule has 0 spiro atoms. The summed E-state index contributed by atoms with van der Waals surface area (Å²) in [4.78, 5) is 15.8. The summed E-state index contributed by atoms with van der Waals surface area (Å²) in [7, 11) is 0. The second-order valence-corrected chi connectivity index (χ2v) is 3.81. The van der Waals surface area contributed by atoms with E-state index in [0.29, 0.717) is 6.42 Å². The zero-order chi connectivity index (χ0) is 9.97. The van der Waals surface area contributed by atoms with Crippen LogP contribution < -0.4 is 0 Å². The van der Waals surface area contributed by atoms with Crippen molar-refractivity contribution in [3.8, 4) is 0 Å². The molecule has 1 aliphatic carbocycles. The van der Waals surface area contributed by atoms with Crippen LogP contribution >= 0.6 is 0 Å². The summed E-state index contributed by atoms with van der Waals surface area (Å²) in [5.41, 5.74) is 3.27. The van der Waals surface area contributed by atoms with Gasteiger partial charge >= 0.3 is 0 Å². The predicted molar refractivity (Wildman–Crippen MR) is 55.5 cm³/mol. The zero-order valence-electron chi connectivity index (χ0n) is 8.55. The van der Waals surface area contributed by atoms with E-state index in [4.69, 9.17) is 0 Å². The van der Waals surface area contributed by atoms with E-state index in [1.54, 1.807) is 6.20 Å². The number of hydrogen-bond donors (Lipinski definition) is 0. The summed E-state index contributed by atoms with van der Waals surface area (Å²) in [5, 5.41) is 0. The first kappa shape index (κ1) is 9.38. The van der Waals surface area contributed by atoms with E-state index >= 15 is 0 Å². The second-order valence-electron chi connectivity index (χ2n) is 3.81. The van der Waals surface area contributed by atoms with E-state index in [2.05, 4.69) is 4.98 Å². The third kappa shape index (κ3) is 1.69. The van der Waals surface area contributed by atoms with Gasteiger partial charge in [-0.1, -0.05) is 6.92 Å². The van der Waals surface area contributed by atoms with Crippen molar-refractivity contribution in [3.05, 3.63) is 29.1 Å². The van der Waals surface area contributed by atoms with E-state index in [1.165, 1.54) is 24.1 Å². The Kier molecular flexibility index (Phi) is 2.62. The van der Waals surface area contributed by atoms with Gasteiger partial charge in [-0.05, 0) is 37.3 Å². The van der Waals surface area contributed by atoms with Crippen LogP contribution in [0.5, 0.6) is 0 Å². The molecule has 0 amide bonds. The molecule has 0 radical (unpaired) electrons. The van der Waals surface area contributed by atoms with Crippen molar-refractivity contribution in [1.29, 1.82) is 0 Å². The molecule has 74 valence electrons. The highest BCUT2D eigenvalue weighted by Gasteiger charge is 2.12. The van der Waals surface area contributed by atoms with Crippen molar-refractivity contribution in [1.82, 2.24) is 4.98 Å². The average molecular weight is 189 g/mol. The molecule has 0 atom stereocenters. The fraction of sp³-hybridized carbons (Fsp3) is 0.500. The van der Waals surface area contributed by atoms with Gasteiger partial charge in [0.2, 0.25) is 0 Å². The Morgan fingerprint density at radius 3 is 3.00 bits per heavy atom. The molecule has 1 aromatic rings. The average Bonchev–Trinajstić information content (AvgIpc) is 2.27. The van der Waals surface area contributed by atoms with Crippen molar-refractivity contribution < 1.29 is 4.79 Å². The van der Waals surface area contributed by atoms with E-state index in [9.17, 15) is 4.79 Å². The van der Waals surface area contributed by atoms with Gasteiger partial charge in [-0.15, -0.1) is 0 Å². The van der Waals surface area contributed by atoms with Gasteiger partial charge in [-0.25, -0.2) is 0 Å². The number of hydrogen-bond acceptors (Lipinski definition) is 2. The number of rotatable bonds is 2. The number of pyridine rings is 1. The smallest absolute Gasteiger partial charge is 0.164 e. The second kappa shape index (κ2) is 3.91. The molecule has 1 aromatic heterocycles. The lowest BCUT2D eigenvalue weighted by Crippen LogP contribution is -2.08. The molecular weight excluding hydrogens is 174 g/mol. The fourth-order valence-corrected chi connectivity index (χ4v) is 1.94. The lowest BCUT2D eigenvalue weighted by atomic mass is 9.94. The third-order valence-electron chi connectivity index (χ3n) is 2.81. The van der Waals surface area contributed by atoms with Crippen LogP contribution in [0.15, 0.2) is 12.3 Å². The number of carbonyl (C=O) groups is 1. The summed E-state index contributed by atoms with van der Waals surface area (Å²) in [6.07, 6.45) is 6.94. The van der Waals surface area contributed by atoms with Crippen molar-refractivity contribution in [3.63, 3.8) is 0 Å². The van der Waals surface area contributed by atoms with Crippen molar-refractivity contribution in [2.75, 3.05) is 0 Å². The molecule has 2 nitrogen and oxygen atoms in total. The third-order valence-corrected chi connectivity index (χ3v) is 2.81.